The van der Waals surface area contributed by atoms with Crippen molar-refractivity contribution >= 4 is 17.9 Å². The molecular formula is C29H43N7O4. The third kappa shape index (κ3) is 9.08. The molecule has 1 atom stereocenters. The zero-order valence-electron chi connectivity index (χ0n) is 23.8. The quantitative estimate of drug-likeness (QED) is 0.145. The fraction of sp³-hybridized carbons (Fsp3) is 0.414. The maximum Gasteiger partial charge on any atom is 0.290 e. The summed E-state index contributed by atoms with van der Waals surface area (Å²) < 4.78 is 0.424. The second-order valence-corrected chi connectivity index (χ2v) is 9.57. The van der Waals surface area contributed by atoms with Gasteiger partial charge in [-0.25, -0.2) is 5.01 Å². The van der Waals surface area contributed by atoms with Gasteiger partial charge in [0.05, 0.1) is 16.7 Å². The van der Waals surface area contributed by atoms with Crippen LogP contribution in [-0.4, -0.2) is 84.5 Å². The van der Waals surface area contributed by atoms with Crippen LogP contribution in [0.4, 0.5) is 0 Å². The van der Waals surface area contributed by atoms with Crippen LogP contribution in [0.1, 0.15) is 36.2 Å². The Morgan fingerprint density at radius 1 is 1.12 bits per heavy atom. The van der Waals surface area contributed by atoms with Gasteiger partial charge in [0.2, 0.25) is 0 Å². The van der Waals surface area contributed by atoms with Gasteiger partial charge < -0.3 is 26.1 Å². The number of aromatic nitrogens is 1. The second kappa shape index (κ2) is 16.2. The smallest absolute Gasteiger partial charge is 0.290 e. The number of nitrogens with one attached hydrogen (secondary N) is 4. The molecule has 0 fully saturated rings. The third-order valence-corrected chi connectivity index (χ3v) is 6.47. The molecule has 0 spiro atoms. The molecule has 11 nitrogen and oxygen atoms in total. The lowest BCUT2D eigenvalue weighted by atomic mass is 10.0. The van der Waals surface area contributed by atoms with Crippen molar-refractivity contribution in [1.82, 2.24) is 36.0 Å². The molecule has 0 bridgehead atoms. The van der Waals surface area contributed by atoms with Crippen molar-refractivity contribution in [2.24, 2.45) is 5.92 Å². The first-order chi connectivity index (χ1) is 19.2. The molecule has 1 unspecified atom stereocenters. The minimum Gasteiger partial charge on any atom is -0.425 e. The molecule has 2 rings (SSSR count). The highest BCUT2D eigenvalue weighted by Gasteiger charge is 2.18. The van der Waals surface area contributed by atoms with E-state index in [9.17, 15) is 19.6 Å². The van der Waals surface area contributed by atoms with Crippen molar-refractivity contribution in [2.45, 2.75) is 20.3 Å². The highest BCUT2D eigenvalue weighted by Crippen LogP contribution is 2.18. The summed E-state index contributed by atoms with van der Waals surface area (Å²) in [5.74, 6) is -0.256. The Kier molecular flexibility index (Phi) is 13.1. The Labute approximate surface area is 236 Å². The van der Waals surface area contributed by atoms with Crippen LogP contribution in [0.15, 0.2) is 72.0 Å². The van der Waals surface area contributed by atoms with E-state index in [1.807, 2.05) is 12.1 Å². The summed E-state index contributed by atoms with van der Waals surface area (Å²) in [6.07, 6.45) is 8.45. The van der Waals surface area contributed by atoms with Crippen LogP contribution in [0.25, 0.3) is 6.08 Å². The number of carbonyl (C=O) groups is 2. The largest absolute Gasteiger partial charge is 0.425 e. The summed E-state index contributed by atoms with van der Waals surface area (Å²) in [6, 6.07) is 1.38. The van der Waals surface area contributed by atoms with Gasteiger partial charge in [-0.3, -0.25) is 19.8 Å². The predicted octanol–water partition coefficient (Wildman–Crippen LogP) is 1.47. The Balaban J connectivity index is 1.84. The fourth-order valence-corrected chi connectivity index (χ4v) is 4.53. The lowest BCUT2D eigenvalue weighted by Gasteiger charge is -2.29. The molecule has 0 radical (unpaired) electrons. The molecular weight excluding hydrogens is 510 g/mol. The topological polar surface area (TPSA) is 131 Å². The number of dihydropyridines is 1. The Morgan fingerprint density at radius 3 is 2.48 bits per heavy atom. The molecule has 2 amide bonds. The van der Waals surface area contributed by atoms with Gasteiger partial charge in [0.25, 0.3) is 17.4 Å². The molecule has 40 heavy (non-hydrogen) atoms. The van der Waals surface area contributed by atoms with Gasteiger partial charge in [-0.1, -0.05) is 45.7 Å². The number of amides is 2. The average Bonchev–Trinajstić information content (AvgIpc) is 2.93. The number of hydrazine groups is 1. The number of hydrogen-bond donors (Lipinski definition) is 5. The number of hydrogen-bond acceptors (Lipinski definition) is 8. The van der Waals surface area contributed by atoms with E-state index in [1.54, 1.807) is 18.4 Å². The molecule has 0 saturated carbocycles. The number of nitrogens with zero attached hydrogens (tertiary/aromatic N) is 3. The lowest BCUT2D eigenvalue weighted by molar-refractivity contribution is -0.117. The van der Waals surface area contributed by atoms with Gasteiger partial charge in [0, 0.05) is 62.9 Å². The summed E-state index contributed by atoms with van der Waals surface area (Å²) in [7, 11) is 1.83. The van der Waals surface area contributed by atoms with Gasteiger partial charge in [0.15, 0.2) is 0 Å². The predicted molar refractivity (Wildman–Crippen MR) is 158 cm³/mol. The molecule has 1 aliphatic heterocycles. The minimum atomic E-state index is -0.697. The summed E-state index contributed by atoms with van der Waals surface area (Å²) >= 11 is 0. The van der Waals surface area contributed by atoms with E-state index in [1.165, 1.54) is 12.1 Å². The normalized spacial score (nSPS) is 13.8. The van der Waals surface area contributed by atoms with Crippen molar-refractivity contribution < 1.29 is 14.8 Å². The molecule has 0 aromatic carbocycles. The number of carbonyl (C=O) groups excluding carboxylic acids is 2. The molecule has 2 heterocycles. The Hall–Kier alpha value is -3.93. The highest BCUT2D eigenvalue weighted by molar-refractivity contribution is 5.98. The van der Waals surface area contributed by atoms with Crippen LogP contribution >= 0.6 is 0 Å². The Morgan fingerprint density at radius 2 is 1.82 bits per heavy atom. The van der Waals surface area contributed by atoms with Crippen LogP contribution < -0.4 is 26.9 Å². The maximum atomic E-state index is 12.7. The number of allylic oxidation sites excluding steroid dienone is 1. The van der Waals surface area contributed by atoms with Gasteiger partial charge in [0.1, 0.15) is 0 Å². The van der Waals surface area contributed by atoms with E-state index in [4.69, 9.17) is 0 Å². The van der Waals surface area contributed by atoms with Crippen molar-refractivity contribution in [2.75, 3.05) is 52.9 Å². The molecule has 5 N–H and O–H groups in total. The van der Waals surface area contributed by atoms with Crippen molar-refractivity contribution in [3.63, 3.8) is 0 Å². The van der Waals surface area contributed by atoms with E-state index in [0.29, 0.717) is 47.1 Å². The van der Waals surface area contributed by atoms with Crippen LogP contribution in [-0.2, 0) is 4.79 Å². The van der Waals surface area contributed by atoms with Gasteiger partial charge in [-0.05, 0) is 38.1 Å². The van der Waals surface area contributed by atoms with E-state index >= 15 is 0 Å². The number of rotatable bonds is 17. The molecule has 0 aliphatic carbocycles. The highest BCUT2D eigenvalue weighted by atomic mass is 16.5. The Bertz CT molecular complexity index is 1200. The van der Waals surface area contributed by atoms with Gasteiger partial charge in [-0.2, -0.15) is 4.73 Å². The summed E-state index contributed by atoms with van der Waals surface area (Å²) in [5.41, 5.74) is 4.57. The maximum absolute atomic E-state index is 12.7. The summed E-state index contributed by atoms with van der Waals surface area (Å²) in [4.78, 5) is 39.7. The second-order valence-electron chi connectivity index (χ2n) is 9.57. The van der Waals surface area contributed by atoms with Crippen molar-refractivity contribution in [3.05, 3.63) is 88.7 Å². The van der Waals surface area contributed by atoms with Crippen LogP contribution in [0.5, 0.6) is 0 Å². The zero-order valence-corrected chi connectivity index (χ0v) is 23.8. The molecule has 0 saturated heterocycles. The molecule has 11 heteroatoms. The average molecular weight is 554 g/mol. The van der Waals surface area contributed by atoms with Crippen molar-refractivity contribution in [3.8, 4) is 0 Å². The van der Waals surface area contributed by atoms with Crippen LogP contribution in [0.3, 0.4) is 0 Å². The summed E-state index contributed by atoms with van der Waals surface area (Å²) in [5, 5.41) is 20.4. The van der Waals surface area contributed by atoms with E-state index in [-0.39, 0.29) is 17.0 Å². The molecule has 1 aromatic heterocycles. The van der Waals surface area contributed by atoms with Crippen LogP contribution in [0.2, 0.25) is 0 Å². The summed E-state index contributed by atoms with van der Waals surface area (Å²) in [6.45, 7) is 20.2. The van der Waals surface area contributed by atoms with Gasteiger partial charge in [-0.15, -0.1) is 0 Å². The van der Waals surface area contributed by atoms with E-state index in [0.717, 1.165) is 38.8 Å². The van der Waals surface area contributed by atoms with E-state index in [2.05, 4.69) is 59.9 Å². The first kappa shape index (κ1) is 32.3. The first-order valence-corrected chi connectivity index (χ1v) is 13.4. The van der Waals surface area contributed by atoms with Gasteiger partial charge >= 0.3 is 0 Å². The molecule has 1 aromatic rings. The first-order valence-electron chi connectivity index (χ1n) is 13.4. The lowest BCUT2D eigenvalue weighted by Crippen LogP contribution is -2.46. The monoisotopic (exact) mass is 553 g/mol. The van der Waals surface area contributed by atoms with Crippen molar-refractivity contribution in [1.29, 1.82) is 0 Å². The third-order valence-electron chi connectivity index (χ3n) is 6.47. The molecule has 1 aliphatic rings. The van der Waals surface area contributed by atoms with E-state index < -0.39 is 11.5 Å². The molecule has 218 valence electrons. The zero-order chi connectivity index (χ0) is 29.7. The fourth-order valence-electron chi connectivity index (χ4n) is 4.53. The van der Waals surface area contributed by atoms with Crippen LogP contribution in [0, 0.1) is 5.92 Å². The SMILES string of the molecule is C=CC1=C(C(=O)NCCN(CCC)CC(C)CN(CCNC(=O)c2ccn(O)c(=O)c2C=C)NC)C=CNC1=C. The number of pyridine rings is 1. The standard InChI is InChI=1S/C29H43N7O4/c1-7-15-34(17-13-32-27(37)25-10-12-31-22(5)23(25)8-2)19-21(4)20-35(30-6)18-14-33-28(38)26-11-16-36(40)29(39)24(26)9-3/h8-12,16,21,30-31,40H,2-3,5,7,13-15,17-20H2,1,4,6H3,(H,32,37)(H,33,38). The minimum absolute atomic E-state index is 0.0457.